The molecule has 2 aromatic carbocycles. The van der Waals surface area contributed by atoms with Gasteiger partial charge in [0.15, 0.2) is 0 Å². The van der Waals surface area contributed by atoms with Crippen molar-refractivity contribution < 1.29 is 4.92 Å². The smallest absolute Gasteiger partial charge is 0.293 e. The number of nitro benzene ring substituents is 1. The average molecular weight is 347 g/mol. The van der Waals surface area contributed by atoms with Crippen LogP contribution in [0.5, 0.6) is 0 Å². The van der Waals surface area contributed by atoms with E-state index in [2.05, 4.69) is 17.0 Å². The van der Waals surface area contributed by atoms with Crippen molar-refractivity contribution in [2.75, 3.05) is 31.1 Å². The lowest BCUT2D eigenvalue weighted by molar-refractivity contribution is -0.384. The number of hydrogen-bond donors (Lipinski definition) is 0. The van der Waals surface area contributed by atoms with Gasteiger partial charge in [-0.15, -0.1) is 0 Å². The number of nitriles is 2. The van der Waals surface area contributed by atoms with Crippen LogP contribution in [-0.4, -0.2) is 36.0 Å². The van der Waals surface area contributed by atoms with Gasteiger partial charge >= 0.3 is 0 Å². The topological polar surface area (TPSA) is 97.2 Å². The monoisotopic (exact) mass is 347 g/mol. The summed E-state index contributed by atoms with van der Waals surface area (Å²) in [5, 5.41) is 29.7. The van der Waals surface area contributed by atoms with Gasteiger partial charge in [0, 0.05) is 38.8 Å². The van der Waals surface area contributed by atoms with Crippen LogP contribution in [-0.2, 0) is 6.54 Å². The fraction of sp³-hybridized carbons (Fsp3) is 0.263. The minimum absolute atomic E-state index is 0.0330. The van der Waals surface area contributed by atoms with Crippen molar-refractivity contribution in [1.29, 1.82) is 10.5 Å². The molecule has 7 nitrogen and oxygen atoms in total. The van der Waals surface area contributed by atoms with Crippen LogP contribution in [0.1, 0.15) is 16.7 Å². The van der Waals surface area contributed by atoms with E-state index in [0.717, 1.165) is 19.6 Å². The summed E-state index contributed by atoms with van der Waals surface area (Å²) in [4.78, 5) is 15.1. The normalized spacial score (nSPS) is 14.5. The second-order valence-electron chi connectivity index (χ2n) is 6.12. The number of benzene rings is 2. The van der Waals surface area contributed by atoms with Crippen molar-refractivity contribution in [2.24, 2.45) is 0 Å². The maximum Gasteiger partial charge on any atom is 0.293 e. The molecule has 0 unspecified atom stereocenters. The summed E-state index contributed by atoms with van der Waals surface area (Å²) < 4.78 is 0. The minimum atomic E-state index is -0.492. The highest BCUT2D eigenvalue weighted by molar-refractivity contribution is 5.70. The van der Waals surface area contributed by atoms with Gasteiger partial charge in [0.2, 0.25) is 0 Å². The van der Waals surface area contributed by atoms with Gasteiger partial charge in [0.05, 0.1) is 16.1 Å². The summed E-state index contributed by atoms with van der Waals surface area (Å²) in [7, 11) is 0. The first-order valence-electron chi connectivity index (χ1n) is 8.26. The Morgan fingerprint density at radius 3 is 2.19 bits per heavy atom. The number of anilines is 1. The van der Waals surface area contributed by atoms with Gasteiger partial charge in [-0.25, -0.2) is 0 Å². The zero-order valence-corrected chi connectivity index (χ0v) is 14.1. The Morgan fingerprint density at radius 1 is 1.00 bits per heavy atom. The van der Waals surface area contributed by atoms with Gasteiger partial charge in [0.25, 0.3) is 5.69 Å². The summed E-state index contributed by atoms with van der Waals surface area (Å²) in [5.41, 5.74) is 1.71. The lowest BCUT2D eigenvalue weighted by Gasteiger charge is -2.35. The first kappa shape index (κ1) is 17.4. The first-order chi connectivity index (χ1) is 12.6. The third kappa shape index (κ3) is 3.64. The molecule has 3 rings (SSSR count). The zero-order chi connectivity index (χ0) is 18.5. The highest BCUT2D eigenvalue weighted by Crippen LogP contribution is 2.32. The Morgan fingerprint density at radius 2 is 1.62 bits per heavy atom. The number of rotatable bonds is 4. The molecule has 0 spiro atoms. The molecule has 1 fully saturated rings. The maximum atomic E-state index is 11.4. The van der Waals surface area contributed by atoms with E-state index in [-0.39, 0.29) is 16.8 Å². The Labute approximate surface area is 151 Å². The summed E-state index contributed by atoms with van der Waals surface area (Å²) in [6, 6.07) is 16.6. The van der Waals surface area contributed by atoms with Crippen LogP contribution in [0.25, 0.3) is 0 Å². The van der Waals surface area contributed by atoms with Crippen molar-refractivity contribution in [2.45, 2.75) is 6.54 Å². The van der Waals surface area contributed by atoms with Gasteiger partial charge in [-0.05, 0) is 11.6 Å². The van der Waals surface area contributed by atoms with E-state index in [9.17, 15) is 15.4 Å². The van der Waals surface area contributed by atoms with E-state index in [1.54, 1.807) is 0 Å². The van der Waals surface area contributed by atoms with E-state index in [0.29, 0.717) is 18.8 Å². The molecule has 0 amide bonds. The van der Waals surface area contributed by atoms with Crippen LogP contribution >= 0.6 is 0 Å². The van der Waals surface area contributed by atoms with Crippen LogP contribution in [0.15, 0.2) is 42.5 Å². The molecular formula is C19H17N5O2. The molecule has 1 aliphatic rings. The Kier molecular flexibility index (Phi) is 5.12. The van der Waals surface area contributed by atoms with Crippen molar-refractivity contribution in [3.05, 3.63) is 69.3 Å². The Hall–Kier alpha value is -3.42. The maximum absolute atomic E-state index is 11.4. The standard InChI is InChI=1S/C19H17N5O2/c20-12-16-10-18(19(24(25)26)11-17(16)13-21)23-8-6-22(7-9-23)14-15-4-2-1-3-5-15/h1-5,10-11H,6-9,14H2. The number of piperazine rings is 1. The van der Waals surface area contributed by atoms with Crippen molar-refractivity contribution >= 4 is 11.4 Å². The van der Waals surface area contributed by atoms with Crippen molar-refractivity contribution in [3.8, 4) is 12.1 Å². The highest BCUT2D eigenvalue weighted by atomic mass is 16.6. The van der Waals surface area contributed by atoms with Gasteiger partial charge in [-0.2, -0.15) is 10.5 Å². The molecule has 1 aliphatic heterocycles. The molecule has 1 heterocycles. The SMILES string of the molecule is N#Cc1cc(N2CCN(Cc3ccccc3)CC2)c([N+](=O)[O-])cc1C#N. The first-order valence-corrected chi connectivity index (χ1v) is 8.26. The third-order valence-electron chi connectivity index (χ3n) is 4.51. The van der Waals surface area contributed by atoms with Crippen LogP contribution in [0.4, 0.5) is 11.4 Å². The molecule has 0 N–H and O–H groups in total. The van der Waals surface area contributed by atoms with Crippen molar-refractivity contribution in [3.63, 3.8) is 0 Å². The summed E-state index contributed by atoms with van der Waals surface area (Å²) in [6.45, 7) is 3.64. The fourth-order valence-corrected chi connectivity index (χ4v) is 3.15. The lowest BCUT2D eigenvalue weighted by atomic mass is 10.1. The van der Waals surface area contributed by atoms with E-state index >= 15 is 0 Å². The number of nitrogens with zero attached hydrogens (tertiary/aromatic N) is 5. The van der Waals surface area contributed by atoms with Crippen LogP contribution in [0.3, 0.4) is 0 Å². The van der Waals surface area contributed by atoms with Gasteiger partial charge in [-0.3, -0.25) is 15.0 Å². The van der Waals surface area contributed by atoms with E-state index in [1.807, 2.05) is 35.2 Å². The molecule has 26 heavy (non-hydrogen) atoms. The molecule has 1 saturated heterocycles. The lowest BCUT2D eigenvalue weighted by Crippen LogP contribution is -2.46. The average Bonchev–Trinajstić information content (AvgIpc) is 2.68. The second-order valence-corrected chi connectivity index (χ2v) is 6.12. The quantitative estimate of drug-likeness (QED) is 0.623. The minimum Gasteiger partial charge on any atom is -0.363 e. The largest absolute Gasteiger partial charge is 0.363 e. The molecule has 0 aromatic heterocycles. The molecule has 0 aliphatic carbocycles. The van der Waals surface area contributed by atoms with E-state index in [1.165, 1.54) is 17.7 Å². The zero-order valence-electron chi connectivity index (χ0n) is 14.1. The molecule has 0 saturated carbocycles. The number of hydrogen-bond acceptors (Lipinski definition) is 6. The highest BCUT2D eigenvalue weighted by Gasteiger charge is 2.26. The van der Waals surface area contributed by atoms with Crippen molar-refractivity contribution in [1.82, 2.24) is 4.90 Å². The second kappa shape index (κ2) is 7.64. The predicted octanol–water partition coefficient (Wildman–Crippen LogP) is 2.66. The molecule has 0 bridgehead atoms. The predicted molar refractivity (Wildman–Crippen MR) is 96.5 cm³/mol. The van der Waals surface area contributed by atoms with Crippen LogP contribution < -0.4 is 4.90 Å². The summed E-state index contributed by atoms with van der Waals surface area (Å²) in [5.74, 6) is 0. The molecule has 0 atom stereocenters. The third-order valence-corrected chi connectivity index (χ3v) is 4.51. The molecule has 130 valence electrons. The van der Waals surface area contributed by atoms with Gasteiger partial charge in [0.1, 0.15) is 17.8 Å². The molecule has 2 aromatic rings. The molecular weight excluding hydrogens is 330 g/mol. The van der Waals surface area contributed by atoms with Gasteiger partial charge in [-0.1, -0.05) is 30.3 Å². The summed E-state index contributed by atoms with van der Waals surface area (Å²) >= 11 is 0. The van der Waals surface area contributed by atoms with E-state index < -0.39 is 4.92 Å². The Bertz CT molecular complexity index is 891. The number of nitro groups is 1. The van der Waals surface area contributed by atoms with Crippen LogP contribution in [0.2, 0.25) is 0 Å². The Balaban J connectivity index is 1.78. The molecule has 0 radical (unpaired) electrons. The van der Waals surface area contributed by atoms with E-state index in [4.69, 9.17) is 5.26 Å². The van der Waals surface area contributed by atoms with Gasteiger partial charge < -0.3 is 4.90 Å². The summed E-state index contributed by atoms with van der Waals surface area (Å²) in [6.07, 6.45) is 0. The van der Waals surface area contributed by atoms with Crippen LogP contribution in [0, 0.1) is 32.8 Å². The molecule has 7 heteroatoms. The fourth-order valence-electron chi connectivity index (χ4n) is 3.15.